The largest absolute Gasteiger partial charge is 0.366 e. The van der Waals surface area contributed by atoms with Crippen molar-refractivity contribution in [3.63, 3.8) is 0 Å². The Labute approximate surface area is 162 Å². The van der Waals surface area contributed by atoms with Gasteiger partial charge in [0.05, 0.1) is 5.69 Å². The number of nitrogens with one attached hydrogen (secondary N) is 2. The van der Waals surface area contributed by atoms with E-state index in [4.69, 9.17) is 0 Å². The smallest absolute Gasteiger partial charge is 0.129 e. The number of hydrogen-bond acceptors (Lipinski definition) is 4. The quantitative estimate of drug-likeness (QED) is 0.549. The summed E-state index contributed by atoms with van der Waals surface area (Å²) in [5, 5.41) is 6.92. The Kier molecular flexibility index (Phi) is 7.36. The van der Waals surface area contributed by atoms with Crippen LogP contribution in [0.1, 0.15) is 42.1 Å². The molecule has 3 rings (SSSR count). The molecular formula is C23H28N4. The van der Waals surface area contributed by atoms with Crippen LogP contribution in [0.4, 0.5) is 5.82 Å². The van der Waals surface area contributed by atoms with Crippen LogP contribution in [0.15, 0.2) is 67.0 Å². The van der Waals surface area contributed by atoms with Crippen molar-refractivity contribution < 1.29 is 0 Å². The second-order valence-corrected chi connectivity index (χ2v) is 6.71. The van der Waals surface area contributed by atoms with Gasteiger partial charge in [-0.25, -0.2) is 4.98 Å². The number of aromatic nitrogens is 2. The van der Waals surface area contributed by atoms with Gasteiger partial charge in [0, 0.05) is 32.0 Å². The minimum absolute atomic E-state index is 0.782. The zero-order valence-corrected chi connectivity index (χ0v) is 16.0. The minimum atomic E-state index is 0.782. The van der Waals surface area contributed by atoms with Gasteiger partial charge in [-0.1, -0.05) is 49.7 Å². The molecule has 2 aromatic heterocycles. The molecule has 0 aliphatic rings. The highest BCUT2D eigenvalue weighted by molar-refractivity contribution is 5.44. The van der Waals surface area contributed by atoms with Crippen LogP contribution in [0.5, 0.6) is 0 Å². The van der Waals surface area contributed by atoms with Crippen molar-refractivity contribution in [2.45, 2.75) is 45.8 Å². The van der Waals surface area contributed by atoms with Crippen molar-refractivity contribution in [3.8, 4) is 0 Å². The summed E-state index contributed by atoms with van der Waals surface area (Å²) in [6.07, 6.45) is 7.15. The fourth-order valence-corrected chi connectivity index (χ4v) is 2.97. The molecule has 140 valence electrons. The number of rotatable bonds is 10. The standard InChI is InChI=1S/C23H28N4/c1-2-3-7-21-8-6-15-26-23(21)27-17-20-12-10-19(11-13-20)16-24-18-22-9-4-5-14-25-22/h4-6,8-15,24H,2-3,7,16-18H2,1H3,(H,26,27). The van der Waals surface area contributed by atoms with E-state index < -0.39 is 0 Å². The molecule has 0 aliphatic heterocycles. The second-order valence-electron chi connectivity index (χ2n) is 6.71. The maximum atomic E-state index is 4.51. The SMILES string of the molecule is CCCCc1cccnc1NCc1ccc(CNCc2ccccn2)cc1. The first-order valence-corrected chi connectivity index (χ1v) is 9.71. The number of anilines is 1. The van der Waals surface area contributed by atoms with Crippen LogP contribution >= 0.6 is 0 Å². The molecule has 0 amide bonds. The van der Waals surface area contributed by atoms with Gasteiger partial charge in [0.25, 0.3) is 0 Å². The Morgan fingerprint density at radius 1 is 0.778 bits per heavy atom. The molecular weight excluding hydrogens is 332 g/mol. The van der Waals surface area contributed by atoms with Gasteiger partial charge in [0.2, 0.25) is 0 Å². The Balaban J connectivity index is 1.48. The third-order valence-corrected chi connectivity index (χ3v) is 4.54. The maximum absolute atomic E-state index is 4.51. The topological polar surface area (TPSA) is 49.8 Å². The molecule has 0 bridgehead atoms. The molecule has 0 atom stereocenters. The second kappa shape index (κ2) is 10.4. The van der Waals surface area contributed by atoms with Crippen LogP contribution in [-0.2, 0) is 26.1 Å². The molecule has 3 aromatic rings. The highest BCUT2D eigenvalue weighted by Crippen LogP contribution is 2.16. The van der Waals surface area contributed by atoms with E-state index in [-0.39, 0.29) is 0 Å². The van der Waals surface area contributed by atoms with E-state index in [1.165, 1.54) is 29.5 Å². The zero-order valence-electron chi connectivity index (χ0n) is 16.0. The first-order chi connectivity index (χ1) is 13.3. The average Bonchev–Trinajstić information content (AvgIpc) is 2.73. The number of aryl methyl sites for hydroxylation is 1. The molecule has 4 heteroatoms. The third kappa shape index (κ3) is 6.19. The van der Waals surface area contributed by atoms with Crippen molar-refractivity contribution >= 4 is 5.82 Å². The van der Waals surface area contributed by atoms with Gasteiger partial charge < -0.3 is 10.6 Å². The van der Waals surface area contributed by atoms with Gasteiger partial charge >= 0.3 is 0 Å². The van der Waals surface area contributed by atoms with Gasteiger partial charge in [-0.3, -0.25) is 4.98 Å². The van der Waals surface area contributed by atoms with Gasteiger partial charge in [0.15, 0.2) is 0 Å². The van der Waals surface area contributed by atoms with Crippen LogP contribution in [0, 0.1) is 0 Å². The molecule has 0 saturated heterocycles. The number of nitrogens with zero attached hydrogens (tertiary/aromatic N) is 2. The Hall–Kier alpha value is -2.72. The molecule has 0 unspecified atom stereocenters. The normalized spacial score (nSPS) is 10.7. The predicted octanol–water partition coefficient (Wildman–Crippen LogP) is 4.72. The summed E-state index contributed by atoms with van der Waals surface area (Å²) >= 11 is 0. The molecule has 0 spiro atoms. The highest BCUT2D eigenvalue weighted by atomic mass is 15.0. The number of benzene rings is 1. The van der Waals surface area contributed by atoms with E-state index in [1.54, 1.807) is 0 Å². The lowest BCUT2D eigenvalue weighted by Gasteiger charge is -2.11. The summed E-state index contributed by atoms with van der Waals surface area (Å²) in [6.45, 7) is 4.63. The summed E-state index contributed by atoms with van der Waals surface area (Å²) in [5.41, 5.74) is 4.90. The Morgan fingerprint density at radius 2 is 1.56 bits per heavy atom. The number of hydrogen-bond donors (Lipinski definition) is 2. The molecule has 4 nitrogen and oxygen atoms in total. The molecule has 2 N–H and O–H groups in total. The van der Waals surface area contributed by atoms with Crippen LogP contribution in [-0.4, -0.2) is 9.97 Å². The lowest BCUT2D eigenvalue weighted by molar-refractivity contribution is 0.679. The molecule has 0 aliphatic carbocycles. The van der Waals surface area contributed by atoms with Gasteiger partial charge in [-0.15, -0.1) is 0 Å². The van der Waals surface area contributed by atoms with E-state index in [9.17, 15) is 0 Å². The van der Waals surface area contributed by atoms with E-state index in [0.717, 1.165) is 37.6 Å². The van der Waals surface area contributed by atoms with Crippen molar-refractivity contribution in [1.29, 1.82) is 0 Å². The van der Waals surface area contributed by atoms with E-state index in [1.807, 2.05) is 36.7 Å². The molecule has 0 radical (unpaired) electrons. The molecule has 0 saturated carbocycles. The highest BCUT2D eigenvalue weighted by Gasteiger charge is 2.03. The monoisotopic (exact) mass is 360 g/mol. The fraction of sp³-hybridized carbons (Fsp3) is 0.304. The third-order valence-electron chi connectivity index (χ3n) is 4.54. The number of unbranched alkanes of at least 4 members (excludes halogenated alkanes) is 1. The summed E-state index contributed by atoms with van der Waals surface area (Å²) in [7, 11) is 0. The van der Waals surface area contributed by atoms with Crippen molar-refractivity contribution in [3.05, 3.63) is 89.4 Å². The fourth-order valence-electron chi connectivity index (χ4n) is 2.97. The summed E-state index contributed by atoms with van der Waals surface area (Å²) < 4.78 is 0. The predicted molar refractivity (Wildman–Crippen MR) is 111 cm³/mol. The van der Waals surface area contributed by atoms with E-state index in [2.05, 4.69) is 57.9 Å². The molecule has 0 fully saturated rings. The summed E-state index contributed by atoms with van der Waals surface area (Å²) in [5.74, 6) is 1.01. The maximum Gasteiger partial charge on any atom is 0.129 e. The molecule has 1 aromatic carbocycles. The van der Waals surface area contributed by atoms with E-state index >= 15 is 0 Å². The average molecular weight is 361 g/mol. The van der Waals surface area contributed by atoms with Crippen LogP contribution in [0.3, 0.4) is 0 Å². The van der Waals surface area contributed by atoms with Crippen LogP contribution in [0.2, 0.25) is 0 Å². The van der Waals surface area contributed by atoms with Crippen molar-refractivity contribution in [2.24, 2.45) is 0 Å². The first-order valence-electron chi connectivity index (χ1n) is 9.71. The summed E-state index contributed by atoms with van der Waals surface area (Å²) in [6, 6.07) is 18.9. The van der Waals surface area contributed by atoms with Crippen molar-refractivity contribution in [2.75, 3.05) is 5.32 Å². The minimum Gasteiger partial charge on any atom is -0.366 e. The molecule has 2 heterocycles. The van der Waals surface area contributed by atoms with Gasteiger partial charge in [-0.2, -0.15) is 0 Å². The van der Waals surface area contributed by atoms with Gasteiger partial charge in [0.1, 0.15) is 5.82 Å². The molecule has 27 heavy (non-hydrogen) atoms. The van der Waals surface area contributed by atoms with Crippen LogP contribution < -0.4 is 10.6 Å². The van der Waals surface area contributed by atoms with Crippen molar-refractivity contribution in [1.82, 2.24) is 15.3 Å². The van der Waals surface area contributed by atoms with Gasteiger partial charge in [-0.05, 0) is 47.7 Å². The Morgan fingerprint density at radius 3 is 2.30 bits per heavy atom. The number of pyridine rings is 2. The zero-order chi connectivity index (χ0) is 18.7. The Bertz CT molecular complexity index is 800. The lowest BCUT2D eigenvalue weighted by Crippen LogP contribution is -2.13. The van der Waals surface area contributed by atoms with E-state index in [0.29, 0.717) is 0 Å². The lowest BCUT2D eigenvalue weighted by atomic mass is 10.1. The summed E-state index contributed by atoms with van der Waals surface area (Å²) in [4.78, 5) is 8.83. The van der Waals surface area contributed by atoms with Crippen LogP contribution in [0.25, 0.3) is 0 Å². The first kappa shape index (κ1) is 19.1.